The number of benzene rings is 2. The molecule has 3 rings (SSSR count). The van der Waals surface area contributed by atoms with Crippen LogP contribution in [0.4, 0.5) is 0 Å². The second kappa shape index (κ2) is 11.3. The number of phenols is 1. The van der Waals surface area contributed by atoms with Crippen LogP contribution in [0.5, 0.6) is 11.5 Å². The van der Waals surface area contributed by atoms with Gasteiger partial charge in [-0.2, -0.15) is 11.8 Å². The summed E-state index contributed by atoms with van der Waals surface area (Å²) in [6.07, 6.45) is 0.605. The molecule has 0 aliphatic heterocycles. The molecule has 31 heavy (non-hydrogen) atoms. The number of carbonyl (C=O) groups excluding carboxylic acids is 1. The lowest BCUT2D eigenvalue weighted by Gasteiger charge is -2.15. The van der Waals surface area contributed by atoms with Gasteiger partial charge in [-0.25, -0.2) is 4.79 Å². The fourth-order valence-electron chi connectivity index (χ4n) is 2.71. The minimum absolute atomic E-state index is 0.136. The summed E-state index contributed by atoms with van der Waals surface area (Å²) in [5.74, 6) is 1.07. The number of esters is 1. The standard InChI is InChI=1S/C23H21Cl2NO4S/c1-15(23(28)29-9-10-31-14-16-5-3-2-4-6-16)30-21-8-7-17(11-20(21)27)22-19(25)12-18(24)13-26-22/h2-8,11-13,15,27H,9-10,14H2,1H3. The van der Waals surface area contributed by atoms with E-state index >= 15 is 0 Å². The van der Waals surface area contributed by atoms with Crippen molar-refractivity contribution >= 4 is 40.9 Å². The summed E-state index contributed by atoms with van der Waals surface area (Å²) in [5, 5.41) is 11.1. The number of pyridine rings is 1. The zero-order valence-electron chi connectivity index (χ0n) is 16.8. The molecule has 162 valence electrons. The van der Waals surface area contributed by atoms with Crippen molar-refractivity contribution in [3.63, 3.8) is 0 Å². The van der Waals surface area contributed by atoms with Crippen molar-refractivity contribution in [1.29, 1.82) is 0 Å². The third kappa shape index (κ3) is 6.79. The molecule has 1 atom stereocenters. The van der Waals surface area contributed by atoms with E-state index in [-0.39, 0.29) is 18.1 Å². The Morgan fingerprint density at radius 3 is 2.65 bits per heavy atom. The van der Waals surface area contributed by atoms with Crippen molar-refractivity contribution in [2.24, 2.45) is 0 Å². The van der Waals surface area contributed by atoms with E-state index < -0.39 is 12.1 Å². The summed E-state index contributed by atoms with van der Waals surface area (Å²) in [6.45, 7) is 1.86. The van der Waals surface area contributed by atoms with Crippen molar-refractivity contribution in [3.05, 3.63) is 76.4 Å². The molecule has 2 aromatic carbocycles. The molecule has 0 saturated carbocycles. The molecule has 0 fully saturated rings. The van der Waals surface area contributed by atoms with Gasteiger partial charge in [0.15, 0.2) is 17.6 Å². The first-order chi connectivity index (χ1) is 14.9. The number of carbonyl (C=O) groups is 1. The molecule has 0 spiro atoms. The van der Waals surface area contributed by atoms with Crippen molar-refractivity contribution in [2.45, 2.75) is 18.8 Å². The normalized spacial score (nSPS) is 11.7. The highest BCUT2D eigenvalue weighted by Gasteiger charge is 2.19. The third-order valence-corrected chi connectivity index (χ3v) is 5.75. The van der Waals surface area contributed by atoms with E-state index in [1.807, 2.05) is 18.2 Å². The fourth-order valence-corrected chi connectivity index (χ4v) is 3.98. The lowest BCUT2D eigenvalue weighted by molar-refractivity contribution is -0.150. The first-order valence-corrected chi connectivity index (χ1v) is 11.4. The van der Waals surface area contributed by atoms with Gasteiger partial charge in [0, 0.05) is 23.3 Å². The van der Waals surface area contributed by atoms with Gasteiger partial charge in [-0.1, -0.05) is 53.5 Å². The maximum Gasteiger partial charge on any atom is 0.347 e. The highest BCUT2D eigenvalue weighted by Crippen LogP contribution is 2.34. The molecule has 1 unspecified atom stereocenters. The van der Waals surface area contributed by atoms with Crippen LogP contribution < -0.4 is 4.74 Å². The Morgan fingerprint density at radius 1 is 1.16 bits per heavy atom. The fraction of sp³-hybridized carbons (Fsp3) is 0.217. The topological polar surface area (TPSA) is 68.7 Å². The van der Waals surface area contributed by atoms with Crippen molar-refractivity contribution in [2.75, 3.05) is 12.4 Å². The van der Waals surface area contributed by atoms with Crippen LogP contribution in [0.1, 0.15) is 12.5 Å². The zero-order valence-corrected chi connectivity index (χ0v) is 19.1. The van der Waals surface area contributed by atoms with Gasteiger partial charge in [-0.15, -0.1) is 0 Å². The maximum atomic E-state index is 12.2. The first-order valence-electron chi connectivity index (χ1n) is 9.53. The van der Waals surface area contributed by atoms with Gasteiger partial charge in [0.25, 0.3) is 0 Å². The molecule has 0 radical (unpaired) electrons. The number of thioether (sulfide) groups is 1. The third-order valence-electron chi connectivity index (χ3n) is 4.26. The molecule has 8 heteroatoms. The molecule has 5 nitrogen and oxygen atoms in total. The van der Waals surface area contributed by atoms with Crippen LogP contribution in [0.3, 0.4) is 0 Å². The molecule has 1 aromatic heterocycles. The number of nitrogens with zero attached hydrogens (tertiary/aromatic N) is 1. The molecule has 1 heterocycles. The van der Waals surface area contributed by atoms with Gasteiger partial charge in [0.1, 0.15) is 6.61 Å². The van der Waals surface area contributed by atoms with Gasteiger partial charge in [0.2, 0.25) is 0 Å². The summed E-state index contributed by atoms with van der Waals surface area (Å²) >= 11 is 13.7. The van der Waals surface area contributed by atoms with Crippen LogP contribution in [-0.4, -0.2) is 34.5 Å². The highest BCUT2D eigenvalue weighted by atomic mass is 35.5. The zero-order chi connectivity index (χ0) is 22.2. The average molecular weight is 478 g/mol. The molecular formula is C23H21Cl2NO4S. The predicted octanol–water partition coefficient (Wildman–Crippen LogP) is 6.00. The molecule has 3 aromatic rings. The van der Waals surface area contributed by atoms with E-state index in [1.165, 1.54) is 17.8 Å². The monoisotopic (exact) mass is 477 g/mol. The van der Waals surface area contributed by atoms with Gasteiger partial charge in [-0.05, 0) is 36.8 Å². The van der Waals surface area contributed by atoms with Crippen molar-refractivity contribution in [1.82, 2.24) is 4.98 Å². The van der Waals surface area contributed by atoms with Gasteiger partial charge >= 0.3 is 5.97 Å². The first kappa shape index (κ1) is 23.3. The number of ether oxygens (including phenoxy) is 2. The molecule has 0 aliphatic carbocycles. The van der Waals surface area contributed by atoms with Crippen LogP contribution in [-0.2, 0) is 15.3 Å². The van der Waals surface area contributed by atoms with Crippen molar-refractivity contribution in [3.8, 4) is 22.8 Å². The van der Waals surface area contributed by atoms with E-state index in [4.69, 9.17) is 32.7 Å². The quantitative estimate of drug-likeness (QED) is 0.300. The maximum absolute atomic E-state index is 12.2. The lowest BCUT2D eigenvalue weighted by Crippen LogP contribution is -2.26. The predicted molar refractivity (Wildman–Crippen MR) is 125 cm³/mol. The van der Waals surface area contributed by atoms with Crippen LogP contribution in [0.25, 0.3) is 11.3 Å². The Bertz CT molecular complexity index is 1030. The Hall–Kier alpha value is -2.41. The number of aromatic hydroxyl groups is 1. The highest BCUT2D eigenvalue weighted by molar-refractivity contribution is 7.98. The molecule has 0 saturated heterocycles. The van der Waals surface area contributed by atoms with E-state index in [9.17, 15) is 9.90 Å². The molecular weight excluding hydrogens is 457 g/mol. The minimum Gasteiger partial charge on any atom is -0.504 e. The number of hydrogen-bond donors (Lipinski definition) is 1. The van der Waals surface area contributed by atoms with E-state index in [0.717, 1.165) is 5.75 Å². The van der Waals surface area contributed by atoms with Crippen LogP contribution in [0.2, 0.25) is 10.0 Å². The van der Waals surface area contributed by atoms with Gasteiger partial charge in [-0.3, -0.25) is 4.98 Å². The van der Waals surface area contributed by atoms with Crippen LogP contribution in [0.15, 0.2) is 60.8 Å². The number of rotatable bonds is 9. The summed E-state index contributed by atoms with van der Waals surface area (Å²) in [5.41, 5.74) is 2.30. The largest absolute Gasteiger partial charge is 0.504 e. The van der Waals surface area contributed by atoms with Gasteiger partial charge < -0.3 is 14.6 Å². The second-order valence-electron chi connectivity index (χ2n) is 6.63. The summed E-state index contributed by atoms with van der Waals surface area (Å²) < 4.78 is 10.8. The smallest absolute Gasteiger partial charge is 0.347 e. The summed E-state index contributed by atoms with van der Waals surface area (Å²) in [4.78, 5) is 16.4. The van der Waals surface area contributed by atoms with Crippen LogP contribution in [0, 0.1) is 0 Å². The average Bonchev–Trinajstić information content (AvgIpc) is 2.75. The Balaban J connectivity index is 1.49. The molecule has 0 bridgehead atoms. The number of hydrogen-bond acceptors (Lipinski definition) is 6. The Kier molecular flexibility index (Phi) is 8.46. The number of halogens is 2. The van der Waals surface area contributed by atoms with E-state index in [2.05, 4.69) is 17.1 Å². The Morgan fingerprint density at radius 2 is 1.94 bits per heavy atom. The molecule has 1 N–H and O–H groups in total. The molecule has 0 aliphatic rings. The minimum atomic E-state index is -0.867. The Labute approximate surface area is 195 Å². The lowest BCUT2D eigenvalue weighted by atomic mass is 10.1. The van der Waals surface area contributed by atoms with Crippen LogP contribution >= 0.6 is 35.0 Å². The SMILES string of the molecule is CC(Oc1ccc(-c2ncc(Cl)cc2Cl)cc1O)C(=O)OCCSCc1ccccc1. The van der Waals surface area contributed by atoms with Gasteiger partial charge in [0.05, 0.1) is 15.7 Å². The van der Waals surface area contributed by atoms with E-state index in [0.29, 0.717) is 27.1 Å². The summed E-state index contributed by atoms with van der Waals surface area (Å²) in [7, 11) is 0. The number of aromatic nitrogens is 1. The number of phenolic OH excluding ortho intramolecular Hbond substituents is 1. The summed E-state index contributed by atoms with van der Waals surface area (Å²) in [6, 6.07) is 16.4. The molecule has 0 amide bonds. The van der Waals surface area contributed by atoms with E-state index in [1.54, 1.807) is 36.9 Å². The second-order valence-corrected chi connectivity index (χ2v) is 8.58. The van der Waals surface area contributed by atoms with Crippen molar-refractivity contribution < 1.29 is 19.4 Å².